The van der Waals surface area contributed by atoms with Crippen LogP contribution in [0.2, 0.25) is 5.02 Å². The zero-order valence-corrected chi connectivity index (χ0v) is 26.0. The van der Waals surface area contributed by atoms with Crippen molar-refractivity contribution < 1.29 is 50.2 Å². The van der Waals surface area contributed by atoms with E-state index in [1.165, 1.54) is 0 Å². The summed E-state index contributed by atoms with van der Waals surface area (Å²) in [5, 5.41) is 13.3. The van der Waals surface area contributed by atoms with Gasteiger partial charge in [-0.1, -0.05) is 72.2 Å². The van der Waals surface area contributed by atoms with Crippen LogP contribution in [0.5, 0.6) is 11.5 Å². The van der Waals surface area contributed by atoms with E-state index in [9.17, 15) is 45.4 Å². The average molecular weight is 657 g/mol. The predicted molar refractivity (Wildman–Crippen MR) is 154 cm³/mol. The van der Waals surface area contributed by atoms with E-state index in [0.29, 0.717) is 17.9 Å². The van der Waals surface area contributed by atoms with Crippen molar-refractivity contribution in [2.75, 3.05) is 10.6 Å². The highest BCUT2D eigenvalue weighted by molar-refractivity contribution is 6.34. The van der Waals surface area contributed by atoms with Gasteiger partial charge in [0, 0.05) is 11.6 Å². The van der Waals surface area contributed by atoms with Crippen molar-refractivity contribution in [3.63, 3.8) is 0 Å². The summed E-state index contributed by atoms with van der Waals surface area (Å²) in [4.78, 5) is 24.9. The van der Waals surface area contributed by atoms with Gasteiger partial charge in [-0.15, -0.1) is 0 Å². The number of anilines is 2. The molecule has 0 saturated heterocycles. The topological polar surface area (TPSA) is 87.7 Å². The fraction of sp³-hybridized carbons (Fsp3) is 0.533. The van der Waals surface area contributed by atoms with Crippen molar-refractivity contribution in [3.05, 3.63) is 46.5 Å². The summed E-state index contributed by atoms with van der Waals surface area (Å²) in [7, 11) is 0. The number of phenolic OH excluding ortho intramolecular Hbond substituents is 1. The van der Waals surface area contributed by atoms with E-state index in [-0.39, 0.29) is 22.9 Å². The van der Waals surface area contributed by atoms with Crippen LogP contribution < -0.4 is 15.4 Å². The van der Waals surface area contributed by atoms with Crippen LogP contribution >= 0.6 is 11.6 Å². The van der Waals surface area contributed by atoms with E-state index in [1.54, 1.807) is 13.0 Å². The molecule has 0 aliphatic rings. The fourth-order valence-electron chi connectivity index (χ4n) is 3.95. The van der Waals surface area contributed by atoms with Gasteiger partial charge in [0.15, 0.2) is 6.10 Å². The highest BCUT2D eigenvalue weighted by Crippen LogP contribution is 2.47. The minimum absolute atomic E-state index is 0.113. The lowest BCUT2D eigenvalue weighted by Crippen LogP contribution is -2.57. The molecule has 0 bridgehead atoms. The molecule has 0 aliphatic heterocycles. The Bertz CT molecular complexity index is 1380. The third-order valence-electron chi connectivity index (χ3n) is 7.82. The minimum Gasteiger partial charge on any atom is -0.506 e. The molecule has 0 saturated carbocycles. The number of hydrogen-bond donors (Lipinski definition) is 3. The predicted octanol–water partition coefficient (Wildman–Crippen LogP) is 8.99. The van der Waals surface area contributed by atoms with Crippen molar-refractivity contribution in [2.24, 2.45) is 0 Å². The van der Waals surface area contributed by atoms with E-state index in [1.807, 2.05) is 26.8 Å². The molecular formula is C30H36ClF7N2O4. The summed E-state index contributed by atoms with van der Waals surface area (Å²) in [5.74, 6) is -17.3. The van der Waals surface area contributed by atoms with Gasteiger partial charge in [-0.3, -0.25) is 9.59 Å². The largest absolute Gasteiger partial charge is 0.506 e. The maximum atomic E-state index is 13.7. The Morgan fingerprint density at radius 1 is 0.864 bits per heavy atom. The van der Waals surface area contributed by atoms with Gasteiger partial charge in [0.1, 0.15) is 11.5 Å². The van der Waals surface area contributed by atoms with Crippen molar-refractivity contribution in [1.29, 1.82) is 0 Å². The van der Waals surface area contributed by atoms with E-state index in [0.717, 1.165) is 29.3 Å². The van der Waals surface area contributed by atoms with E-state index in [2.05, 4.69) is 32.2 Å². The number of phenols is 1. The summed E-state index contributed by atoms with van der Waals surface area (Å²) in [6.07, 6.45) is -5.98. The Hall–Kier alpha value is -3.22. The summed E-state index contributed by atoms with van der Waals surface area (Å²) in [6, 6.07) is 7.08. The summed E-state index contributed by atoms with van der Waals surface area (Å²) >= 11 is 6.06. The number of amides is 2. The number of alkyl halides is 7. The SMILES string of the molecule is CCC(Oc1ccc(C(C)(C)CC)cc1C(C)(C)CC)C(=O)Nc1cc(O)c(NC(=O)C(F)(F)C(F)(F)C(F)(F)F)cc1Cl. The molecule has 2 aromatic carbocycles. The molecule has 0 aromatic heterocycles. The molecular weight excluding hydrogens is 621 g/mol. The number of rotatable bonds is 12. The zero-order valence-electron chi connectivity index (χ0n) is 25.3. The Morgan fingerprint density at radius 2 is 1.43 bits per heavy atom. The van der Waals surface area contributed by atoms with Gasteiger partial charge in [0.05, 0.1) is 16.4 Å². The number of benzene rings is 2. The number of halogens is 8. The molecule has 246 valence electrons. The number of ether oxygens (including phenoxy) is 1. The van der Waals surface area contributed by atoms with Crippen molar-refractivity contribution in [2.45, 2.75) is 103 Å². The van der Waals surface area contributed by atoms with Crippen LogP contribution in [0.4, 0.5) is 42.1 Å². The molecule has 6 nitrogen and oxygen atoms in total. The van der Waals surface area contributed by atoms with E-state index >= 15 is 0 Å². The van der Waals surface area contributed by atoms with Crippen molar-refractivity contribution in [3.8, 4) is 11.5 Å². The summed E-state index contributed by atoms with van der Waals surface area (Å²) < 4.78 is 97.3. The Morgan fingerprint density at radius 3 is 1.93 bits per heavy atom. The summed E-state index contributed by atoms with van der Waals surface area (Å²) in [5.41, 5.74) is 0.263. The first kappa shape index (κ1) is 37.0. The van der Waals surface area contributed by atoms with Crippen molar-refractivity contribution in [1.82, 2.24) is 0 Å². The number of aromatic hydroxyl groups is 1. The second-order valence-corrected chi connectivity index (χ2v) is 12.0. The molecule has 1 atom stereocenters. The molecule has 2 rings (SSSR count). The van der Waals surface area contributed by atoms with Crippen LogP contribution in [0.3, 0.4) is 0 Å². The zero-order chi connectivity index (χ0) is 34.1. The number of hydrogen-bond acceptors (Lipinski definition) is 4. The van der Waals surface area contributed by atoms with Crippen LogP contribution in [-0.2, 0) is 20.4 Å². The lowest BCUT2D eigenvalue weighted by atomic mass is 9.76. The second kappa shape index (κ2) is 13.0. The molecule has 0 spiro atoms. The van der Waals surface area contributed by atoms with Crippen LogP contribution in [0.25, 0.3) is 0 Å². The molecule has 0 aliphatic carbocycles. The Balaban J connectivity index is 2.34. The summed E-state index contributed by atoms with van der Waals surface area (Å²) in [6.45, 7) is 14.1. The minimum atomic E-state index is -6.74. The molecule has 0 heterocycles. The molecule has 3 N–H and O–H groups in total. The lowest BCUT2D eigenvalue weighted by Gasteiger charge is -2.31. The quantitative estimate of drug-likeness (QED) is 0.157. The third kappa shape index (κ3) is 7.52. The van der Waals surface area contributed by atoms with Crippen LogP contribution in [0, 0.1) is 0 Å². The molecule has 14 heteroatoms. The van der Waals surface area contributed by atoms with Gasteiger partial charge in [-0.2, -0.15) is 30.7 Å². The number of carbonyl (C=O) groups excluding carboxylic acids is 2. The maximum absolute atomic E-state index is 13.7. The number of nitrogens with one attached hydrogen (secondary N) is 2. The molecule has 44 heavy (non-hydrogen) atoms. The average Bonchev–Trinajstić information content (AvgIpc) is 2.93. The van der Waals surface area contributed by atoms with Crippen LogP contribution in [-0.4, -0.2) is 41.0 Å². The monoisotopic (exact) mass is 656 g/mol. The molecule has 2 amide bonds. The molecule has 1 unspecified atom stereocenters. The van der Waals surface area contributed by atoms with E-state index in [4.69, 9.17) is 16.3 Å². The van der Waals surface area contributed by atoms with Crippen LogP contribution in [0.1, 0.15) is 78.9 Å². The Kier molecular flexibility index (Phi) is 10.9. The maximum Gasteiger partial charge on any atom is 0.460 e. The second-order valence-electron chi connectivity index (χ2n) is 11.6. The first-order valence-corrected chi connectivity index (χ1v) is 14.1. The lowest BCUT2D eigenvalue weighted by molar-refractivity contribution is -0.343. The highest BCUT2D eigenvalue weighted by atomic mass is 35.5. The van der Waals surface area contributed by atoms with Crippen LogP contribution in [0.15, 0.2) is 30.3 Å². The first-order valence-electron chi connectivity index (χ1n) is 13.8. The smallest absolute Gasteiger partial charge is 0.460 e. The molecule has 0 radical (unpaired) electrons. The van der Waals surface area contributed by atoms with Gasteiger partial charge in [0.25, 0.3) is 5.91 Å². The molecule has 0 fully saturated rings. The molecule has 2 aromatic rings. The normalized spacial score (nSPS) is 13.8. The fourth-order valence-corrected chi connectivity index (χ4v) is 4.16. The van der Waals surface area contributed by atoms with Gasteiger partial charge in [0.2, 0.25) is 0 Å². The van der Waals surface area contributed by atoms with Crippen molar-refractivity contribution >= 4 is 34.8 Å². The van der Waals surface area contributed by atoms with E-state index < -0.39 is 52.4 Å². The highest BCUT2D eigenvalue weighted by Gasteiger charge is 2.76. The standard InChI is InChI=1S/C30H36ClF7N2O4/c1-8-22(44-23-12-11-16(26(4,5)9-2)13-17(23)27(6,7)10-3)24(42)39-19-15-21(41)20(14-18(19)31)40-25(43)28(32,33)29(34,35)30(36,37)38/h11-15,22,41H,8-10H2,1-7H3,(H,39,42)(H,40,43). The van der Waals surface area contributed by atoms with Gasteiger partial charge in [-0.05, 0) is 47.8 Å². The Labute approximate surface area is 256 Å². The first-order chi connectivity index (χ1) is 20.0. The number of carbonyl (C=O) groups is 2. The van der Waals surface area contributed by atoms with Gasteiger partial charge >= 0.3 is 23.9 Å². The van der Waals surface area contributed by atoms with Gasteiger partial charge < -0.3 is 20.5 Å². The third-order valence-corrected chi connectivity index (χ3v) is 8.13. The van der Waals surface area contributed by atoms with Gasteiger partial charge in [-0.25, -0.2) is 0 Å².